The minimum atomic E-state index is -0.596. The summed E-state index contributed by atoms with van der Waals surface area (Å²) in [5.74, 6) is -0.443. The van der Waals surface area contributed by atoms with E-state index in [1.54, 1.807) is 6.92 Å². The fourth-order valence-corrected chi connectivity index (χ4v) is 1.71. The smallest absolute Gasteiger partial charge is 0.327 e. The van der Waals surface area contributed by atoms with Gasteiger partial charge in [-0.25, -0.2) is 9.48 Å². The van der Waals surface area contributed by atoms with Crippen molar-refractivity contribution in [2.24, 2.45) is 0 Å². The quantitative estimate of drug-likeness (QED) is 0.740. The van der Waals surface area contributed by atoms with E-state index in [1.807, 2.05) is 0 Å². The van der Waals surface area contributed by atoms with Crippen LogP contribution in [0.1, 0.15) is 6.92 Å². The van der Waals surface area contributed by atoms with E-state index in [1.165, 1.54) is 13.3 Å². The van der Waals surface area contributed by atoms with Crippen molar-refractivity contribution in [1.29, 1.82) is 0 Å². The molecule has 1 aromatic rings. The van der Waals surface area contributed by atoms with Crippen LogP contribution >= 0.6 is 15.9 Å². The molecule has 1 unspecified atom stereocenters. The lowest BCUT2D eigenvalue weighted by atomic mass is 10.3. The molecule has 18 heavy (non-hydrogen) atoms. The Balaban J connectivity index is 2.95. The number of nitrogens with zero attached hydrogens (tertiary/aromatic N) is 2. The van der Waals surface area contributed by atoms with Gasteiger partial charge in [-0.15, -0.1) is 0 Å². The van der Waals surface area contributed by atoms with Crippen LogP contribution in [-0.2, 0) is 16.1 Å². The number of halogens is 1. The SMILES string of the molecule is COC(=O)C(C)Nc1cnn(CCO)c(=O)c1Br. The van der Waals surface area contributed by atoms with E-state index < -0.39 is 12.0 Å². The molecule has 0 aliphatic rings. The molecule has 8 heteroatoms. The van der Waals surface area contributed by atoms with Crippen molar-refractivity contribution in [3.8, 4) is 0 Å². The second-order valence-corrected chi connectivity index (χ2v) is 4.31. The first-order valence-electron chi connectivity index (χ1n) is 5.22. The van der Waals surface area contributed by atoms with Crippen molar-refractivity contribution in [2.45, 2.75) is 19.5 Å². The lowest BCUT2D eigenvalue weighted by Gasteiger charge is -2.14. The second-order valence-electron chi connectivity index (χ2n) is 3.51. The number of hydrogen-bond acceptors (Lipinski definition) is 6. The molecule has 0 aliphatic carbocycles. The molecule has 0 radical (unpaired) electrons. The Morgan fingerprint density at radius 2 is 2.39 bits per heavy atom. The molecule has 0 aliphatic heterocycles. The molecule has 1 rings (SSSR count). The van der Waals surface area contributed by atoms with Gasteiger partial charge in [0, 0.05) is 0 Å². The molecule has 1 aromatic heterocycles. The number of hydrogen-bond donors (Lipinski definition) is 2. The van der Waals surface area contributed by atoms with Gasteiger partial charge < -0.3 is 15.2 Å². The number of rotatable bonds is 5. The Labute approximate surface area is 112 Å². The van der Waals surface area contributed by atoms with Gasteiger partial charge in [0.1, 0.15) is 10.5 Å². The van der Waals surface area contributed by atoms with Crippen LogP contribution in [0.2, 0.25) is 0 Å². The fraction of sp³-hybridized carbons (Fsp3) is 0.500. The molecule has 1 heterocycles. The Hall–Kier alpha value is -1.41. The van der Waals surface area contributed by atoms with Crippen LogP contribution in [-0.4, -0.2) is 40.6 Å². The Kier molecular flexibility index (Phi) is 5.29. The van der Waals surface area contributed by atoms with Crippen LogP contribution in [0.5, 0.6) is 0 Å². The van der Waals surface area contributed by atoms with Gasteiger partial charge in [-0.3, -0.25) is 4.79 Å². The minimum absolute atomic E-state index is 0.115. The number of ether oxygens (including phenoxy) is 1. The van der Waals surface area contributed by atoms with Crippen LogP contribution in [0.3, 0.4) is 0 Å². The summed E-state index contributed by atoms with van der Waals surface area (Å²) in [5, 5.41) is 15.4. The highest BCUT2D eigenvalue weighted by Crippen LogP contribution is 2.17. The molecule has 2 N–H and O–H groups in total. The zero-order valence-electron chi connectivity index (χ0n) is 10.0. The van der Waals surface area contributed by atoms with E-state index in [4.69, 9.17) is 5.11 Å². The van der Waals surface area contributed by atoms with Gasteiger partial charge in [-0.05, 0) is 22.9 Å². The molecular weight excluding hydrogens is 306 g/mol. The topological polar surface area (TPSA) is 93.4 Å². The predicted molar refractivity (Wildman–Crippen MR) is 68.4 cm³/mol. The van der Waals surface area contributed by atoms with Gasteiger partial charge in [0.25, 0.3) is 5.56 Å². The maximum atomic E-state index is 11.8. The zero-order chi connectivity index (χ0) is 13.7. The van der Waals surface area contributed by atoms with E-state index in [9.17, 15) is 9.59 Å². The lowest BCUT2D eigenvalue weighted by molar-refractivity contribution is -0.141. The van der Waals surface area contributed by atoms with E-state index in [2.05, 4.69) is 31.1 Å². The van der Waals surface area contributed by atoms with Crippen molar-refractivity contribution >= 4 is 27.6 Å². The van der Waals surface area contributed by atoms with Crippen LogP contribution in [0, 0.1) is 0 Å². The van der Waals surface area contributed by atoms with E-state index in [-0.39, 0.29) is 23.2 Å². The van der Waals surface area contributed by atoms with Crippen molar-refractivity contribution in [3.63, 3.8) is 0 Å². The molecule has 0 amide bonds. The summed E-state index contributed by atoms with van der Waals surface area (Å²) in [4.78, 5) is 23.0. The molecule has 1 atom stereocenters. The first kappa shape index (κ1) is 14.7. The Bertz CT molecular complexity index is 489. The highest BCUT2D eigenvalue weighted by atomic mass is 79.9. The molecule has 0 spiro atoms. The summed E-state index contributed by atoms with van der Waals surface area (Å²) in [5.41, 5.74) is 0.0122. The molecule has 0 aromatic carbocycles. The predicted octanol–water partition coefficient (Wildman–Crippen LogP) is -0.0285. The van der Waals surface area contributed by atoms with Crippen molar-refractivity contribution in [1.82, 2.24) is 9.78 Å². The Morgan fingerprint density at radius 3 is 2.94 bits per heavy atom. The first-order chi connectivity index (χ1) is 8.51. The number of nitrogens with one attached hydrogen (secondary N) is 1. The standard InChI is InChI=1S/C10H14BrN3O4/c1-6(10(17)18-2)13-7-5-12-14(3-4-15)9(16)8(7)11/h5-6,13,15H,3-4H2,1-2H3. The third-order valence-electron chi connectivity index (χ3n) is 2.22. The zero-order valence-corrected chi connectivity index (χ0v) is 11.6. The van der Waals surface area contributed by atoms with Gasteiger partial charge in [0.15, 0.2) is 0 Å². The Morgan fingerprint density at radius 1 is 1.72 bits per heavy atom. The summed E-state index contributed by atoms with van der Waals surface area (Å²) in [6.45, 7) is 1.55. The molecule has 0 saturated heterocycles. The number of aliphatic hydroxyl groups is 1. The number of carbonyl (C=O) groups is 1. The van der Waals surface area contributed by atoms with Crippen molar-refractivity contribution in [3.05, 3.63) is 21.0 Å². The maximum absolute atomic E-state index is 11.8. The summed E-state index contributed by atoms with van der Waals surface area (Å²) in [7, 11) is 1.28. The molecule has 0 fully saturated rings. The van der Waals surface area contributed by atoms with E-state index in [0.717, 1.165) is 4.68 Å². The van der Waals surface area contributed by atoms with Crippen LogP contribution < -0.4 is 10.9 Å². The van der Waals surface area contributed by atoms with Gasteiger partial charge in [0.2, 0.25) is 0 Å². The van der Waals surface area contributed by atoms with Crippen LogP contribution in [0.4, 0.5) is 5.69 Å². The third-order valence-corrected chi connectivity index (χ3v) is 2.99. The highest BCUT2D eigenvalue weighted by molar-refractivity contribution is 9.10. The van der Waals surface area contributed by atoms with Gasteiger partial charge in [0.05, 0.1) is 32.1 Å². The maximum Gasteiger partial charge on any atom is 0.327 e. The van der Waals surface area contributed by atoms with Crippen molar-refractivity contribution < 1.29 is 14.6 Å². The van der Waals surface area contributed by atoms with E-state index >= 15 is 0 Å². The van der Waals surface area contributed by atoms with Gasteiger partial charge in [-0.2, -0.15) is 5.10 Å². The summed E-state index contributed by atoms with van der Waals surface area (Å²) >= 11 is 3.13. The normalized spacial score (nSPS) is 12.0. The molecule has 7 nitrogen and oxygen atoms in total. The number of anilines is 1. The fourth-order valence-electron chi connectivity index (χ4n) is 1.29. The van der Waals surface area contributed by atoms with Crippen LogP contribution in [0.15, 0.2) is 15.5 Å². The molecule has 0 saturated carbocycles. The number of esters is 1. The third kappa shape index (κ3) is 3.30. The second kappa shape index (κ2) is 6.50. The minimum Gasteiger partial charge on any atom is -0.467 e. The van der Waals surface area contributed by atoms with Crippen molar-refractivity contribution in [2.75, 3.05) is 19.0 Å². The van der Waals surface area contributed by atoms with Gasteiger partial charge in [-0.1, -0.05) is 0 Å². The van der Waals surface area contributed by atoms with E-state index in [0.29, 0.717) is 5.69 Å². The lowest BCUT2D eigenvalue weighted by Crippen LogP contribution is -2.30. The first-order valence-corrected chi connectivity index (χ1v) is 6.01. The average Bonchev–Trinajstić information content (AvgIpc) is 2.37. The molecule has 100 valence electrons. The molecule has 0 bridgehead atoms. The average molecular weight is 320 g/mol. The number of carbonyl (C=O) groups excluding carboxylic acids is 1. The van der Waals surface area contributed by atoms with Crippen LogP contribution in [0.25, 0.3) is 0 Å². The number of aromatic nitrogens is 2. The monoisotopic (exact) mass is 319 g/mol. The highest BCUT2D eigenvalue weighted by Gasteiger charge is 2.16. The summed E-state index contributed by atoms with van der Waals surface area (Å²) in [6, 6.07) is -0.596. The summed E-state index contributed by atoms with van der Waals surface area (Å²) in [6.07, 6.45) is 1.40. The largest absolute Gasteiger partial charge is 0.467 e. The summed E-state index contributed by atoms with van der Waals surface area (Å²) < 4.78 is 5.94. The van der Waals surface area contributed by atoms with Gasteiger partial charge >= 0.3 is 5.97 Å². The number of aliphatic hydroxyl groups excluding tert-OH is 1. The number of methoxy groups -OCH3 is 1. The molecular formula is C10H14BrN3O4.